The SMILES string of the molecule is CCCn1nc(NC(=O)c2ccc(OC)cc2)c2cc3cccc(C)c3nc21. The van der Waals surface area contributed by atoms with Crippen LogP contribution in [0.25, 0.3) is 21.9 Å². The molecule has 0 radical (unpaired) electrons. The molecule has 2 aromatic heterocycles. The van der Waals surface area contributed by atoms with E-state index in [-0.39, 0.29) is 5.91 Å². The number of ether oxygens (including phenoxy) is 1. The smallest absolute Gasteiger partial charge is 0.256 e. The molecule has 0 bridgehead atoms. The van der Waals surface area contributed by atoms with Crippen LogP contribution in [0.1, 0.15) is 29.3 Å². The number of hydrogen-bond acceptors (Lipinski definition) is 4. The normalized spacial score (nSPS) is 11.1. The number of anilines is 1. The Morgan fingerprint density at radius 1 is 1.18 bits per heavy atom. The van der Waals surface area contributed by atoms with Crippen molar-refractivity contribution in [2.45, 2.75) is 26.8 Å². The molecule has 6 nitrogen and oxygen atoms in total. The van der Waals surface area contributed by atoms with E-state index in [1.54, 1.807) is 31.4 Å². The lowest BCUT2D eigenvalue weighted by Gasteiger charge is -2.05. The number of carbonyl (C=O) groups excluding carboxylic acids is 1. The summed E-state index contributed by atoms with van der Waals surface area (Å²) in [5.41, 5.74) is 3.41. The minimum Gasteiger partial charge on any atom is -0.497 e. The molecule has 2 heterocycles. The second-order valence-corrected chi connectivity index (χ2v) is 6.76. The highest BCUT2D eigenvalue weighted by Gasteiger charge is 2.16. The molecule has 0 saturated heterocycles. The highest BCUT2D eigenvalue weighted by molar-refractivity contribution is 6.09. The van der Waals surface area contributed by atoms with E-state index in [1.165, 1.54) is 0 Å². The van der Waals surface area contributed by atoms with Crippen LogP contribution in [0.4, 0.5) is 5.82 Å². The molecule has 4 aromatic rings. The van der Waals surface area contributed by atoms with Gasteiger partial charge in [0.2, 0.25) is 0 Å². The summed E-state index contributed by atoms with van der Waals surface area (Å²) in [5.74, 6) is 1.02. The van der Waals surface area contributed by atoms with Gasteiger partial charge >= 0.3 is 0 Å². The number of aryl methyl sites for hydroxylation is 2. The Kier molecular flexibility index (Phi) is 4.69. The molecule has 2 aromatic carbocycles. The number of amides is 1. The average Bonchev–Trinajstić information content (AvgIpc) is 3.04. The molecule has 0 aliphatic rings. The number of rotatable bonds is 5. The van der Waals surface area contributed by atoms with Gasteiger partial charge in [0.1, 0.15) is 5.75 Å². The quantitative estimate of drug-likeness (QED) is 0.556. The molecular weight excluding hydrogens is 352 g/mol. The first-order chi connectivity index (χ1) is 13.6. The summed E-state index contributed by atoms with van der Waals surface area (Å²) in [6.45, 7) is 4.88. The van der Waals surface area contributed by atoms with Crippen molar-refractivity contribution in [2.75, 3.05) is 12.4 Å². The summed E-state index contributed by atoms with van der Waals surface area (Å²) < 4.78 is 7.02. The van der Waals surface area contributed by atoms with E-state index in [4.69, 9.17) is 9.72 Å². The fourth-order valence-electron chi connectivity index (χ4n) is 3.31. The number of benzene rings is 2. The Morgan fingerprint density at radius 3 is 2.68 bits per heavy atom. The molecule has 142 valence electrons. The lowest BCUT2D eigenvalue weighted by Crippen LogP contribution is -2.12. The van der Waals surface area contributed by atoms with Gasteiger partial charge < -0.3 is 10.1 Å². The topological polar surface area (TPSA) is 69.0 Å². The van der Waals surface area contributed by atoms with Gasteiger partial charge in [-0.25, -0.2) is 9.67 Å². The van der Waals surface area contributed by atoms with Gasteiger partial charge in [0.05, 0.1) is 18.0 Å². The molecule has 4 rings (SSSR count). The standard InChI is InChI=1S/C22H22N4O2/c1-4-12-26-21-18(13-16-7-5-6-14(2)19(16)23-21)20(25-26)24-22(27)15-8-10-17(28-3)11-9-15/h5-11,13H,4,12H2,1-3H3,(H,24,25,27). The highest BCUT2D eigenvalue weighted by Crippen LogP contribution is 2.28. The van der Waals surface area contributed by atoms with Crippen molar-refractivity contribution in [3.05, 3.63) is 59.7 Å². The number of hydrogen-bond donors (Lipinski definition) is 1. The summed E-state index contributed by atoms with van der Waals surface area (Å²) in [6, 6.07) is 15.1. The molecule has 28 heavy (non-hydrogen) atoms. The van der Waals surface area contributed by atoms with E-state index < -0.39 is 0 Å². The van der Waals surface area contributed by atoms with E-state index in [0.29, 0.717) is 17.1 Å². The molecule has 6 heteroatoms. The predicted molar refractivity (Wildman–Crippen MR) is 111 cm³/mol. The van der Waals surface area contributed by atoms with Crippen LogP contribution < -0.4 is 10.1 Å². The maximum absolute atomic E-state index is 12.7. The summed E-state index contributed by atoms with van der Waals surface area (Å²) in [7, 11) is 1.60. The lowest BCUT2D eigenvalue weighted by atomic mass is 10.1. The first-order valence-electron chi connectivity index (χ1n) is 9.33. The van der Waals surface area contributed by atoms with Crippen LogP contribution in [0.15, 0.2) is 48.5 Å². The van der Waals surface area contributed by atoms with Crippen LogP contribution in [0, 0.1) is 6.92 Å². The van der Waals surface area contributed by atoms with Gasteiger partial charge in [0.15, 0.2) is 11.5 Å². The molecular formula is C22H22N4O2. The largest absolute Gasteiger partial charge is 0.497 e. The Morgan fingerprint density at radius 2 is 1.96 bits per heavy atom. The Balaban J connectivity index is 1.78. The number of fused-ring (bicyclic) bond motifs is 2. The van der Waals surface area contributed by atoms with Crippen molar-refractivity contribution in [2.24, 2.45) is 0 Å². The fourth-order valence-corrected chi connectivity index (χ4v) is 3.31. The number of methoxy groups -OCH3 is 1. The highest BCUT2D eigenvalue weighted by atomic mass is 16.5. The fraction of sp³-hybridized carbons (Fsp3) is 0.227. The Labute approximate surface area is 163 Å². The van der Waals surface area contributed by atoms with Crippen molar-refractivity contribution in [3.8, 4) is 5.75 Å². The Bertz CT molecular complexity index is 1160. The Hall–Kier alpha value is -3.41. The van der Waals surface area contributed by atoms with Gasteiger partial charge in [-0.05, 0) is 49.2 Å². The van der Waals surface area contributed by atoms with Crippen molar-refractivity contribution in [3.63, 3.8) is 0 Å². The van der Waals surface area contributed by atoms with Gasteiger partial charge in [-0.2, -0.15) is 5.10 Å². The molecule has 0 aliphatic carbocycles. The first kappa shape index (κ1) is 18.0. The second kappa shape index (κ2) is 7.31. The monoisotopic (exact) mass is 374 g/mol. The van der Waals surface area contributed by atoms with E-state index in [0.717, 1.165) is 40.5 Å². The summed E-state index contributed by atoms with van der Waals surface area (Å²) in [6.07, 6.45) is 0.927. The van der Waals surface area contributed by atoms with Gasteiger partial charge in [0.25, 0.3) is 5.91 Å². The number of pyridine rings is 1. The van der Waals surface area contributed by atoms with Gasteiger partial charge in [-0.15, -0.1) is 0 Å². The molecule has 0 aliphatic heterocycles. The van der Waals surface area contributed by atoms with Crippen molar-refractivity contribution >= 4 is 33.7 Å². The third-order valence-corrected chi connectivity index (χ3v) is 4.77. The first-order valence-corrected chi connectivity index (χ1v) is 9.33. The number of aromatic nitrogens is 3. The molecule has 0 unspecified atom stereocenters. The van der Waals surface area contributed by atoms with Crippen LogP contribution >= 0.6 is 0 Å². The zero-order valence-corrected chi connectivity index (χ0v) is 16.2. The van der Waals surface area contributed by atoms with E-state index in [1.807, 2.05) is 35.9 Å². The van der Waals surface area contributed by atoms with Gasteiger partial charge in [0, 0.05) is 17.5 Å². The van der Waals surface area contributed by atoms with Crippen molar-refractivity contribution in [1.29, 1.82) is 0 Å². The van der Waals surface area contributed by atoms with Crippen LogP contribution in [0.3, 0.4) is 0 Å². The predicted octanol–water partition coefficient (Wildman–Crippen LogP) is 4.56. The maximum atomic E-state index is 12.7. The lowest BCUT2D eigenvalue weighted by molar-refractivity contribution is 0.102. The third kappa shape index (κ3) is 3.17. The third-order valence-electron chi connectivity index (χ3n) is 4.77. The van der Waals surface area contributed by atoms with Crippen molar-refractivity contribution in [1.82, 2.24) is 14.8 Å². The van der Waals surface area contributed by atoms with E-state index in [9.17, 15) is 4.79 Å². The van der Waals surface area contributed by atoms with Crippen LogP contribution in [-0.4, -0.2) is 27.8 Å². The van der Waals surface area contributed by atoms with E-state index in [2.05, 4.69) is 17.3 Å². The minimum absolute atomic E-state index is 0.213. The van der Waals surface area contributed by atoms with Crippen LogP contribution in [-0.2, 0) is 6.54 Å². The zero-order chi connectivity index (χ0) is 19.7. The summed E-state index contributed by atoms with van der Waals surface area (Å²) in [5, 5.41) is 9.45. The molecule has 0 atom stereocenters. The minimum atomic E-state index is -0.213. The molecule has 1 amide bonds. The molecule has 1 N–H and O–H groups in total. The van der Waals surface area contributed by atoms with Crippen LogP contribution in [0.5, 0.6) is 5.75 Å². The average molecular weight is 374 g/mol. The molecule has 0 spiro atoms. The number of nitrogens with zero attached hydrogens (tertiary/aromatic N) is 3. The van der Waals surface area contributed by atoms with Gasteiger partial charge in [-0.1, -0.05) is 25.1 Å². The number of nitrogens with one attached hydrogen (secondary N) is 1. The molecule has 0 fully saturated rings. The summed E-state index contributed by atoms with van der Waals surface area (Å²) in [4.78, 5) is 17.6. The molecule has 0 saturated carbocycles. The maximum Gasteiger partial charge on any atom is 0.256 e. The van der Waals surface area contributed by atoms with E-state index >= 15 is 0 Å². The van der Waals surface area contributed by atoms with Gasteiger partial charge in [-0.3, -0.25) is 4.79 Å². The number of carbonyl (C=O) groups is 1. The van der Waals surface area contributed by atoms with Crippen LogP contribution in [0.2, 0.25) is 0 Å². The summed E-state index contributed by atoms with van der Waals surface area (Å²) >= 11 is 0. The number of para-hydroxylation sites is 1. The zero-order valence-electron chi connectivity index (χ0n) is 16.2. The van der Waals surface area contributed by atoms with Crippen molar-refractivity contribution < 1.29 is 9.53 Å². The second-order valence-electron chi connectivity index (χ2n) is 6.76.